The second kappa shape index (κ2) is 4.87. The first-order valence-corrected chi connectivity index (χ1v) is 5.22. The average Bonchev–Trinajstić information content (AvgIpc) is 2.38. The molecule has 2 aromatic carbocycles. The zero-order chi connectivity index (χ0) is 12.3. The molecule has 0 aromatic heterocycles. The van der Waals surface area contributed by atoms with Crippen LogP contribution >= 0.6 is 0 Å². The second-order valence-electron chi connectivity index (χ2n) is 3.61. The number of benzene rings is 2. The highest BCUT2D eigenvalue weighted by atomic mass is 19.1. The molecule has 0 heterocycles. The summed E-state index contributed by atoms with van der Waals surface area (Å²) in [6.45, 7) is 0. The van der Waals surface area contributed by atoms with Crippen LogP contribution in [-0.2, 0) is 0 Å². The van der Waals surface area contributed by atoms with Crippen molar-refractivity contribution in [2.24, 2.45) is 0 Å². The fourth-order valence-electron chi connectivity index (χ4n) is 1.64. The van der Waals surface area contributed by atoms with Gasteiger partial charge in [0.1, 0.15) is 17.3 Å². The van der Waals surface area contributed by atoms with Gasteiger partial charge in [0.25, 0.3) is 0 Å². The van der Waals surface area contributed by atoms with Crippen LogP contribution in [0, 0.1) is 5.82 Å². The van der Waals surface area contributed by atoms with Gasteiger partial charge in [0.15, 0.2) is 0 Å². The van der Waals surface area contributed by atoms with Gasteiger partial charge in [-0.05, 0) is 35.4 Å². The summed E-state index contributed by atoms with van der Waals surface area (Å²) in [5.41, 5.74) is 1.66. The standard InChI is InChI=1S/C14H13FO2/c1-16-13-7-11(8-14(9-13)17-2)10-4-3-5-12(15)6-10/h3-9H,1-2H3. The molecule has 0 amide bonds. The summed E-state index contributed by atoms with van der Waals surface area (Å²) in [7, 11) is 3.17. The molecule has 0 spiro atoms. The Hall–Kier alpha value is -2.03. The summed E-state index contributed by atoms with van der Waals surface area (Å²) in [5.74, 6) is 1.11. The summed E-state index contributed by atoms with van der Waals surface area (Å²) in [5, 5.41) is 0. The van der Waals surface area contributed by atoms with Gasteiger partial charge in [-0.2, -0.15) is 0 Å². The number of rotatable bonds is 3. The Balaban J connectivity index is 2.50. The van der Waals surface area contributed by atoms with Crippen LogP contribution in [0.2, 0.25) is 0 Å². The van der Waals surface area contributed by atoms with Crippen LogP contribution < -0.4 is 9.47 Å². The number of methoxy groups -OCH3 is 2. The highest BCUT2D eigenvalue weighted by Crippen LogP contribution is 2.29. The highest BCUT2D eigenvalue weighted by Gasteiger charge is 2.04. The summed E-state index contributed by atoms with van der Waals surface area (Å²) >= 11 is 0. The lowest BCUT2D eigenvalue weighted by Crippen LogP contribution is -1.89. The monoisotopic (exact) mass is 232 g/mol. The minimum absolute atomic E-state index is 0.260. The molecule has 0 aliphatic heterocycles. The second-order valence-corrected chi connectivity index (χ2v) is 3.61. The average molecular weight is 232 g/mol. The Kier molecular flexibility index (Phi) is 3.28. The van der Waals surface area contributed by atoms with Crippen molar-refractivity contribution in [1.29, 1.82) is 0 Å². The number of hydrogen-bond acceptors (Lipinski definition) is 2. The SMILES string of the molecule is COc1cc(OC)cc(-c2cccc(F)c2)c1. The van der Waals surface area contributed by atoms with E-state index < -0.39 is 0 Å². The van der Waals surface area contributed by atoms with E-state index in [-0.39, 0.29) is 5.82 Å². The smallest absolute Gasteiger partial charge is 0.123 e. The first-order chi connectivity index (χ1) is 8.22. The Labute approximate surface area is 99.6 Å². The summed E-state index contributed by atoms with van der Waals surface area (Å²) < 4.78 is 23.5. The van der Waals surface area contributed by atoms with E-state index in [1.165, 1.54) is 12.1 Å². The number of hydrogen-bond donors (Lipinski definition) is 0. The van der Waals surface area contributed by atoms with Gasteiger partial charge in [-0.15, -0.1) is 0 Å². The van der Waals surface area contributed by atoms with Crippen LogP contribution in [0.25, 0.3) is 11.1 Å². The topological polar surface area (TPSA) is 18.5 Å². The summed E-state index contributed by atoms with van der Waals surface area (Å²) in [6.07, 6.45) is 0. The van der Waals surface area contributed by atoms with Crippen LogP contribution in [0.3, 0.4) is 0 Å². The Morgan fingerprint density at radius 1 is 0.824 bits per heavy atom. The van der Waals surface area contributed by atoms with Crippen molar-refractivity contribution in [3.05, 3.63) is 48.3 Å². The van der Waals surface area contributed by atoms with Crippen molar-refractivity contribution in [3.8, 4) is 22.6 Å². The Bertz CT molecular complexity index is 501. The minimum Gasteiger partial charge on any atom is -0.497 e. The largest absolute Gasteiger partial charge is 0.497 e. The molecule has 2 nitrogen and oxygen atoms in total. The molecule has 0 bridgehead atoms. The van der Waals surface area contributed by atoms with Crippen molar-refractivity contribution >= 4 is 0 Å². The van der Waals surface area contributed by atoms with Gasteiger partial charge in [-0.25, -0.2) is 4.39 Å². The highest BCUT2D eigenvalue weighted by molar-refractivity contribution is 5.67. The van der Waals surface area contributed by atoms with Crippen LogP contribution in [-0.4, -0.2) is 14.2 Å². The fourth-order valence-corrected chi connectivity index (χ4v) is 1.64. The Morgan fingerprint density at radius 2 is 1.47 bits per heavy atom. The predicted octanol–water partition coefficient (Wildman–Crippen LogP) is 3.51. The first kappa shape index (κ1) is 11.5. The molecule has 0 saturated carbocycles. The van der Waals surface area contributed by atoms with Gasteiger partial charge in [0.2, 0.25) is 0 Å². The lowest BCUT2D eigenvalue weighted by molar-refractivity contribution is 0.394. The third-order valence-corrected chi connectivity index (χ3v) is 2.51. The first-order valence-electron chi connectivity index (χ1n) is 5.22. The third-order valence-electron chi connectivity index (χ3n) is 2.51. The lowest BCUT2D eigenvalue weighted by atomic mass is 10.1. The zero-order valence-electron chi connectivity index (χ0n) is 9.74. The molecule has 17 heavy (non-hydrogen) atoms. The molecular formula is C14H13FO2. The zero-order valence-corrected chi connectivity index (χ0v) is 9.74. The van der Waals surface area contributed by atoms with Crippen molar-refractivity contribution in [2.75, 3.05) is 14.2 Å². The molecule has 88 valence electrons. The van der Waals surface area contributed by atoms with Crippen molar-refractivity contribution in [3.63, 3.8) is 0 Å². The predicted molar refractivity (Wildman–Crippen MR) is 64.9 cm³/mol. The van der Waals surface area contributed by atoms with Gasteiger partial charge < -0.3 is 9.47 Å². The quantitative estimate of drug-likeness (QED) is 0.806. The molecule has 0 aliphatic carbocycles. The molecule has 0 radical (unpaired) electrons. The molecule has 2 rings (SSSR count). The summed E-state index contributed by atoms with van der Waals surface area (Å²) in [4.78, 5) is 0. The maximum absolute atomic E-state index is 13.2. The van der Waals surface area contributed by atoms with Gasteiger partial charge in [0.05, 0.1) is 14.2 Å². The molecule has 0 unspecified atom stereocenters. The summed E-state index contributed by atoms with van der Waals surface area (Å²) in [6, 6.07) is 11.9. The van der Waals surface area contributed by atoms with Crippen LogP contribution in [0.15, 0.2) is 42.5 Å². The van der Waals surface area contributed by atoms with Gasteiger partial charge >= 0.3 is 0 Å². The lowest BCUT2D eigenvalue weighted by Gasteiger charge is -2.08. The van der Waals surface area contributed by atoms with Crippen LogP contribution in [0.5, 0.6) is 11.5 Å². The van der Waals surface area contributed by atoms with E-state index in [4.69, 9.17) is 9.47 Å². The maximum Gasteiger partial charge on any atom is 0.123 e. The van der Waals surface area contributed by atoms with Crippen molar-refractivity contribution in [2.45, 2.75) is 0 Å². The molecule has 0 N–H and O–H groups in total. The molecule has 0 saturated heterocycles. The number of ether oxygens (including phenoxy) is 2. The molecular weight excluding hydrogens is 219 g/mol. The van der Waals surface area contributed by atoms with E-state index in [0.29, 0.717) is 11.5 Å². The normalized spacial score (nSPS) is 10.1. The third kappa shape index (κ3) is 2.56. The van der Waals surface area contributed by atoms with E-state index in [9.17, 15) is 4.39 Å². The molecule has 0 aliphatic rings. The van der Waals surface area contributed by atoms with E-state index in [2.05, 4.69) is 0 Å². The minimum atomic E-state index is -0.260. The van der Waals surface area contributed by atoms with Crippen molar-refractivity contribution < 1.29 is 13.9 Å². The van der Waals surface area contributed by atoms with E-state index in [1.54, 1.807) is 26.4 Å². The molecule has 0 atom stereocenters. The van der Waals surface area contributed by atoms with Crippen LogP contribution in [0.1, 0.15) is 0 Å². The molecule has 2 aromatic rings. The maximum atomic E-state index is 13.2. The van der Waals surface area contributed by atoms with Gasteiger partial charge in [-0.1, -0.05) is 12.1 Å². The van der Waals surface area contributed by atoms with E-state index in [0.717, 1.165) is 11.1 Å². The van der Waals surface area contributed by atoms with Crippen molar-refractivity contribution in [1.82, 2.24) is 0 Å². The van der Waals surface area contributed by atoms with E-state index in [1.807, 2.05) is 18.2 Å². The number of halogens is 1. The van der Waals surface area contributed by atoms with E-state index >= 15 is 0 Å². The molecule has 3 heteroatoms. The van der Waals surface area contributed by atoms with Gasteiger partial charge in [-0.3, -0.25) is 0 Å². The fraction of sp³-hybridized carbons (Fsp3) is 0.143. The Morgan fingerprint density at radius 3 is 2.00 bits per heavy atom. The molecule has 0 fully saturated rings. The van der Waals surface area contributed by atoms with Gasteiger partial charge in [0, 0.05) is 6.07 Å². The van der Waals surface area contributed by atoms with Crippen LogP contribution in [0.4, 0.5) is 4.39 Å².